The van der Waals surface area contributed by atoms with Gasteiger partial charge in [0, 0.05) is 23.2 Å². The molecule has 0 unspecified atom stereocenters. The summed E-state index contributed by atoms with van der Waals surface area (Å²) in [5.41, 5.74) is 1.83. The van der Waals surface area contributed by atoms with Crippen molar-refractivity contribution in [3.05, 3.63) is 78.3 Å². The molecular formula is C18H12ClN3O2S. The largest absolute Gasteiger partial charge is 0.268 e. The number of hydrogen-bond acceptors (Lipinski definition) is 4. The summed E-state index contributed by atoms with van der Waals surface area (Å²) < 4.78 is 27.4. The summed E-state index contributed by atoms with van der Waals surface area (Å²) in [7, 11) is -3.72. The van der Waals surface area contributed by atoms with E-state index in [2.05, 4.69) is 9.97 Å². The Bertz CT molecular complexity index is 1170. The van der Waals surface area contributed by atoms with E-state index in [1.54, 1.807) is 54.7 Å². The van der Waals surface area contributed by atoms with Gasteiger partial charge < -0.3 is 0 Å². The molecule has 2 aromatic carbocycles. The van der Waals surface area contributed by atoms with Crippen molar-refractivity contribution in [1.29, 1.82) is 0 Å². The van der Waals surface area contributed by atoms with Crippen LogP contribution in [-0.4, -0.2) is 22.4 Å². The molecule has 0 saturated carbocycles. The molecule has 0 N–H and O–H groups in total. The van der Waals surface area contributed by atoms with Gasteiger partial charge in [-0.2, -0.15) is 0 Å². The summed E-state index contributed by atoms with van der Waals surface area (Å²) >= 11 is 5.96. The molecule has 0 amide bonds. The fourth-order valence-electron chi connectivity index (χ4n) is 2.74. The van der Waals surface area contributed by atoms with E-state index in [9.17, 15) is 8.42 Å². The number of benzene rings is 2. The van der Waals surface area contributed by atoms with Crippen LogP contribution >= 0.6 is 11.6 Å². The van der Waals surface area contributed by atoms with E-state index in [0.29, 0.717) is 21.9 Å². The first-order valence-corrected chi connectivity index (χ1v) is 9.28. The van der Waals surface area contributed by atoms with E-state index in [1.165, 1.54) is 10.3 Å². The van der Waals surface area contributed by atoms with Crippen LogP contribution < -0.4 is 0 Å². The minimum atomic E-state index is -3.72. The zero-order chi connectivity index (χ0) is 17.4. The molecule has 25 heavy (non-hydrogen) atoms. The Labute approximate surface area is 149 Å². The lowest BCUT2D eigenvalue weighted by atomic mass is 10.1. The summed E-state index contributed by atoms with van der Waals surface area (Å²) in [5, 5.41) is 1.07. The molecule has 7 heteroatoms. The Hall–Kier alpha value is -2.70. The van der Waals surface area contributed by atoms with Crippen molar-refractivity contribution in [1.82, 2.24) is 13.9 Å². The van der Waals surface area contributed by atoms with Crippen molar-refractivity contribution >= 4 is 32.5 Å². The second kappa shape index (κ2) is 5.98. The maximum absolute atomic E-state index is 13.1. The lowest BCUT2D eigenvalue weighted by Crippen LogP contribution is -2.11. The van der Waals surface area contributed by atoms with Gasteiger partial charge in [-0.25, -0.2) is 22.4 Å². The van der Waals surface area contributed by atoms with Crippen LogP contribution in [0.15, 0.2) is 78.1 Å². The molecule has 0 aliphatic heterocycles. The Balaban J connectivity index is 2.01. The van der Waals surface area contributed by atoms with Gasteiger partial charge in [0.15, 0.2) is 0 Å². The van der Waals surface area contributed by atoms with Crippen molar-refractivity contribution in [2.24, 2.45) is 0 Å². The maximum Gasteiger partial charge on any atom is 0.268 e. The molecular weight excluding hydrogens is 358 g/mol. The van der Waals surface area contributed by atoms with Gasteiger partial charge in [0.05, 0.1) is 16.1 Å². The molecule has 0 aliphatic rings. The Kier molecular flexibility index (Phi) is 3.78. The third-order valence-electron chi connectivity index (χ3n) is 3.89. The van der Waals surface area contributed by atoms with Gasteiger partial charge in [0.1, 0.15) is 11.5 Å². The van der Waals surface area contributed by atoms with Gasteiger partial charge >= 0.3 is 0 Å². The topological polar surface area (TPSA) is 64.8 Å². The predicted octanol–water partition coefficient (Wildman–Crippen LogP) is 3.99. The minimum Gasteiger partial charge on any atom is -0.240 e. The monoisotopic (exact) mass is 369 g/mol. The van der Waals surface area contributed by atoms with Crippen LogP contribution in [0.25, 0.3) is 22.2 Å². The summed E-state index contributed by atoms with van der Waals surface area (Å²) in [6.07, 6.45) is 2.93. The van der Waals surface area contributed by atoms with Crippen molar-refractivity contribution < 1.29 is 8.42 Å². The third-order valence-corrected chi connectivity index (χ3v) is 5.78. The average molecular weight is 370 g/mol. The molecule has 0 aliphatic carbocycles. The number of nitrogens with zero attached hydrogens (tertiary/aromatic N) is 3. The SMILES string of the molecule is O=S(=O)(c1ccccc1)n1cc(-c2cc(Cl)ncn2)c2ccccc21. The molecule has 5 nitrogen and oxygen atoms in total. The fraction of sp³-hybridized carbons (Fsp3) is 0. The predicted molar refractivity (Wildman–Crippen MR) is 97.0 cm³/mol. The first-order chi connectivity index (χ1) is 12.1. The summed E-state index contributed by atoms with van der Waals surface area (Å²) in [4.78, 5) is 8.33. The lowest BCUT2D eigenvalue weighted by Gasteiger charge is -2.07. The van der Waals surface area contributed by atoms with E-state index in [0.717, 1.165) is 5.39 Å². The zero-order valence-electron chi connectivity index (χ0n) is 12.9. The van der Waals surface area contributed by atoms with Gasteiger partial charge in [-0.1, -0.05) is 48.0 Å². The number of hydrogen-bond donors (Lipinski definition) is 0. The van der Waals surface area contributed by atoms with Gasteiger partial charge in [-0.05, 0) is 18.2 Å². The number of para-hydroxylation sites is 1. The fourth-order valence-corrected chi connectivity index (χ4v) is 4.28. The average Bonchev–Trinajstić information content (AvgIpc) is 3.03. The molecule has 0 radical (unpaired) electrons. The number of rotatable bonds is 3. The summed E-state index contributed by atoms with van der Waals surface area (Å²) in [5.74, 6) is 0. The van der Waals surface area contributed by atoms with Crippen molar-refractivity contribution in [3.63, 3.8) is 0 Å². The first-order valence-electron chi connectivity index (χ1n) is 7.46. The molecule has 0 fully saturated rings. The van der Waals surface area contributed by atoms with Crippen LogP contribution in [0.1, 0.15) is 0 Å². The first kappa shape index (κ1) is 15.8. The van der Waals surface area contributed by atoms with Gasteiger partial charge in [0.25, 0.3) is 10.0 Å². The Morgan fingerprint density at radius 1 is 0.920 bits per heavy atom. The van der Waals surface area contributed by atoms with Crippen LogP contribution in [-0.2, 0) is 10.0 Å². The molecule has 2 heterocycles. The van der Waals surface area contributed by atoms with Crippen molar-refractivity contribution in [2.45, 2.75) is 4.90 Å². The third kappa shape index (κ3) is 2.69. The van der Waals surface area contributed by atoms with Crippen molar-refractivity contribution in [3.8, 4) is 11.3 Å². The maximum atomic E-state index is 13.1. The minimum absolute atomic E-state index is 0.225. The quantitative estimate of drug-likeness (QED) is 0.512. The van der Waals surface area contributed by atoms with Gasteiger partial charge in [0.2, 0.25) is 0 Å². The van der Waals surface area contributed by atoms with E-state index in [1.807, 2.05) is 12.1 Å². The zero-order valence-corrected chi connectivity index (χ0v) is 14.4. The van der Waals surface area contributed by atoms with E-state index in [4.69, 9.17) is 11.6 Å². The van der Waals surface area contributed by atoms with Crippen LogP contribution in [0, 0.1) is 0 Å². The van der Waals surface area contributed by atoms with E-state index >= 15 is 0 Å². The molecule has 2 aromatic heterocycles. The number of aromatic nitrogens is 3. The molecule has 4 aromatic rings. The Morgan fingerprint density at radius 2 is 1.64 bits per heavy atom. The van der Waals surface area contributed by atoms with E-state index in [-0.39, 0.29) is 4.90 Å². The number of halogens is 1. The van der Waals surface area contributed by atoms with Crippen LogP contribution in [0.4, 0.5) is 0 Å². The van der Waals surface area contributed by atoms with Gasteiger partial charge in [-0.15, -0.1) is 0 Å². The Morgan fingerprint density at radius 3 is 2.40 bits per heavy atom. The molecule has 4 rings (SSSR count). The highest BCUT2D eigenvalue weighted by Crippen LogP contribution is 2.32. The van der Waals surface area contributed by atoms with Crippen LogP contribution in [0.2, 0.25) is 5.15 Å². The van der Waals surface area contributed by atoms with Gasteiger partial charge in [-0.3, -0.25) is 0 Å². The van der Waals surface area contributed by atoms with Crippen LogP contribution in [0.3, 0.4) is 0 Å². The highest BCUT2D eigenvalue weighted by molar-refractivity contribution is 7.90. The summed E-state index contributed by atoms with van der Waals surface area (Å²) in [6.45, 7) is 0. The molecule has 0 atom stereocenters. The summed E-state index contributed by atoms with van der Waals surface area (Å²) in [6, 6.07) is 17.2. The lowest BCUT2D eigenvalue weighted by molar-refractivity contribution is 0.589. The molecule has 0 bridgehead atoms. The highest BCUT2D eigenvalue weighted by atomic mass is 35.5. The standard InChI is InChI=1S/C18H12ClN3O2S/c19-18-10-16(20-12-21-18)15-11-22(17-9-5-4-8-14(15)17)25(23,24)13-6-2-1-3-7-13/h1-12H. The smallest absolute Gasteiger partial charge is 0.240 e. The second-order valence-electron chi connectivity index (χ2n) is 5.40. The van der Waals surface area contributed by atoms with E-state index < -0.39 is 10.0 Å². The molecule has 124 valence electrons. The molecule has 0 spiro atoms. The van der Waals surface area contributed by atoms with Crippen LogP contribution in [0.5, 0.6) is 0 Å². The highest BCUT2D eigenvalue weighted by Gasteiger charge is 2.21. The molecule has 0 saturated heterocycles. The second-order valence-corrected chi connectivity index (χ2v) is 7.60. The van der Waals surface area contributed by atoms with Crippen molar-refractivity contribution in [2.75, 3.05) is 0 Å². The normalized spacial score (nSPS) is 11.7. The number of fused-ring (bicyclic) bond motifs is 1.